The highest BCUT2D eigenvalue weighted by atomic mass is 16.4. The fourth-order valence-electron chi connectivity index (χ4n) is 3.19. The van der Waals surface area contributed by atoms with Crippen LogP contribution < -0.4 is 5.32 Å². The largest absolute Gasteiger partial charge is 0.481 e. The molecule has 2 N–H and O–H groups in total. The van der Waals surface area contributed by atoms with Crippen LogP contribution in [-0.2, 0) is 4.79 Å². The number of carboxylic acid groups (broad SMARTS) is 1. The molecule has 0 unspecified atom stereocenters. The van der Waals surface area contributed by atoms with Crippen LogP contribution in [0.1, 0.15) is 45.4 Å². The Hall–Kier alpha value is -1.26. The number of piperidine rings is 1. The fourth-order valence-corrected chi connectivity index (χ4v) is 3.19. The number of urea groups is 1. The second kappa shape index (κ2) is 6.26. The lowest BCUT2D eigenvalue weighted by atomic mass is 9.97. The van der Waals surface area contributed by atoms with Gasteiger partial charge in [0.25, 0.3) is 0 Å². The van der Waals surface area contributed by atoms with Crippen LogP contribution in [0.5, 0.6) is 0 Å². The predicted octanol–water partition coefficient (Wildman–Crippen LogP) is 2.07. The summed E-state index contributed by atoms with van der Waals surface area (Å²) in [6, 6.07) is 0.204. The summed E-state index contributed by atoms with van der Waals surface area (Å²) < 4.78 is 0. The van der Waals surface area contributed by atoms with Crippen LogP contribution in [0.4, 0.5) is 4.79 Å². The van der Waals surface area contributed by atoms with Crippen LogP contribution in [0, 0.1) is 11.8 Å². The molecule has 2 aliphatic rings. The lowest BCUT2D eigenvalue weighted by molar-refractivity contribution is -0.143. The Balaban J connectivity index is 1.76. The van der Waals surface area contributed by atoms with Crippen molar-refractivity contribution < 1.29 is 14.7 Å². The number of rotatable bonds is 3. The van der Waals surface area contributed by atoms with Crippen molar-refractivity contribution in [3.63, 3.8) is 0 Å². The zero-order valence-electron chi connectivity index (χ0n) is 11.6. The van der Waals surface area contributed by atoms with E-state index in [0.717, 1.165) is 0 Å². The maximum atomic E-state index is 12.1. The van der Waals surface area contributed by atoms with Crippen molar-refractivity contribution in [2.75, 3.05) is 13.1 Å². The first-order chi connectivity index (χ1) is 9.08. The normalized spacial score (nSPS) is 23.3. The molecule has 1 atom stereocenters. The second-order valence-corrected chi connectivity index (χ2v) is 5.88. The molecule has 2 amide bonds. The highest BCUT2D eigenvalue weighted by Crippen LogP contribution is 2.27. The van der Waals surface area contributed by atoms with Gasteiger partial charge in [-0.2, -0.15) is 0 Å². The zero-order valence-corrected chi connectivity index (χ0v) is 11.6. The van der Waals surface area contributed by atoms with Crippen molar-refractivity contribution >= 4 is 12.0 Å². The van der Waals surface area contributed by atoms with E-state index in [1.807, 2.05) is 0 Å². The van der Waals surface area contributed by atoms with Crippen molar-refractivity contribution in [3.8, 4) is 0 Å². The molecule has 1 saturated heterocycles. The molecule has 0 bridgehead atoms. The van der Waals surface area contributed by atoms with Crippen LogP contribution >= 0.6 is 0 Å². The highest BCUT2D eigenvalue weighted by Gasteiger charge is 2.29. The summed E-state index contributed by atoms with van der Waals surface area (Å²) in [6.07, 6.45) is 6.11. The summed E-state index contributed by atoms with van der Waals surface area (Å²) in [4.78, 5) is 24.7. The van der Waals surface area contributed by atoms with Gasteiger partial charge in [0.1, 0.15) is 0 Å². The molecule has 0 aromatic carbocycles. The number of amides is 2. The monoisotopic (exact) mass is 268 g/mol. The van der Waals surface area contributed by atoms with Crippen LogP contribution in [0.15, 0.2) is 0 Å². The highest BCUT2D eigenvalue weighted by molar-refractivity contribution is 5.75. The van der Waals surface area contributed by atoms with Gasteiger partial charge in [0.05, 0.1) is 5.92 Å². The molecular formula is C14H24N2O3. The number of aliphatic carboxylic acids is 1. The van der Waals surface area contributed by atoms with E-state index in [2.05, 4.69) is 12.2 Å². The quantitative estimate of drug-likeness (QED) is 0.823. The first-order valence-electron chi connectivity index (χ1n) is 7.36. The first kappa shape index (κ1) is 14.2. The van der Waals surface area contributed by atoms with E-state index in [1.165, 1.54) is 25.7 Å². The number of carboxylic acids is 1. The number of carbonyl (C=O) groups is 2. The van der Waals surface area contributed by atoms with E-state index < -0.39 is 5.97 Å². The molecule has 5 heteroatoms. The molecule has 1 heterocycles. The average molecular weight is 268 g/mol. The lowest BCUT2D eigenvalue weighted by Gasteiger charge is -2.32. The Morgan fingerprint density at radius 1 is 1.16 bits per heavy atom. The van der Waals surface area contributed by atoms with Crippen LogP contribution in [0.25, 0.3) is 0 Å². The number of carbonyl (C=O) groups excluding carboxylic acids is 1. The molecule has 5 nitrogen and oxygen atoms in total. The fraction of sp³-hybridized carbons (Fsp3) is 0.857. The Morgan fingerprint density at radius 2 is 1.74 bits per heavy atom. The molecular weight excluding hydrogens is 244 g/mol. The van der Waals surface area contributed by atoms with Crippen molar-refractivity contribution in [3.05, 3.63) is 0 Å². The Morgan fingerprint density at radius 3 is 2.26 bits per heavy atom. The Kier molecular flexibility index (Phi) is 4.66. The van der Waals surface area contributed by atoms with Gasteiger partial charge >= 0.3 is 12.0 Å². The average Bonchev–Trinajstić information content (AvgIpc) is 2.92. The number of nitrogens with zero attached hydrogens (tertiary/aromatic N) is 1. The van der Waals surface area contributed by atoms with Gasteiger partial charge in [0, 0.05) is 19.1 Å². The number of hydrogen-bond donors (Lipinski definition) is 2. The molecule has 1 aliphatic carbocycles. The first-order valence-corrected chi connectivity index (χ1v) is 7.36. The molecule has 2 rings (SSSR count). The maximum absolute atomic E-state index is 12.1. The molecule has 0 spiro atoms. The van der Waals surface area contributed by atoms with Crippen LogP contribution in [0.2, 0.25) is 0 Å². The molecule has 19 heavy (non-hydrogen) atoms. The maximum Gasteiger partial charge on any atom is 0.317 e. The Bertz CT molecular complexity index is 332. The van der Waals surface area contributed by atoms with E-state index in [9.17, 15) is 9.59 Å². The van der Waals surface area contributed by atoms with E-state index in [0.29, 0.717) is 31.8 Å². The van der Waals surface area contributed by atoms with Crippen LogP contribution in [0.3, 0.4) is 0 Å². The molecule has 108 valence electrons. The molecule has 1 aliphatic heterocycles. The summed E-state index contributed by atoms with van der Waals surface area (Å²) >= 11 is 0. The van der Waals surface area contributed by atoms with Gasteiger partial charge in [-0.25, -0.2) is 4.79 Å². The predicted molar refractivity (Wildman–Crippen MR) is 71.9 cm³/mol. The van der Waals surface area contributed by atoms with Gasteiger partial charge in [0.2, 0.25) is 0 Å². The summed E-state index contributed by atoms with van der Waals surface area (Å²) in [5.74, 6) is -0.406. The van der Waals surface area contributed by atoms with Crippen molar-refractivity contribution in [2.45, 2.75) is 51.5 Å². The summed E-state index contributed by atoms with van der Waals surface area (Å²) in [7, 11) is 0. The Labute approximate surface area is 114 Å². The smallest absolute Gasteiger partial charge is 0.317 e. The van der Waals surface area contributed by atoms with Gasteiger partial charge in [-0.05, 0) is 38.5 Å². The SMILES string of the molecule is C[C@@H](NC(=O)N1CCC(C(=O)O)CC1)C1CCCC1. The van der Waals surface area contributed by atoms with E-state index in [4.69, 9.17) is 5.11 Å². The third kappa shape index (κ3) is 3.61. The molecule has 2 fully saturated rings. The third-order valence-corrected chi connectivity index (χ3v) is 4.59. The minimum absolute atomic E-state index is 0.0248. The summed E-state index contributed by atoms with van der Waals surface area (Å²) in [6.45, 7) is 3.19. The number of hydrogen-bond acceptors (Lipinski definition) is 2. The standard InChI is InChI=1S/C14H24N2O3/c1-10(11-4-2-3-5-11)15-14(19)16-8-6-12(7-9-16)13(17)18/h10-12H,2-9H2,1H3,(H,15,19)(H,17,18)/t10-/m1/s1. The summed E-state index contributed by atoms with van der Waals surface area (Å²) in [5.41, 5.74) is 0. The second-order valence-electron chi connectivity index (χ2n) is 5.88. The summed E-state index contributed by atoms with van der Waals surface area (Å²) in [5, 5.41) is 12.0. The van der Waals surface area contributed by atoms with Crippen LogP contribution in [-0.4, -0.2) is 41.1 Å². The molecule has 0 radical (unpaired) electrons. The van der Waals surface area contributed by atoms with Crippen molar-refractivity contribution in [2.24, 2.45) is 11.8 Å². The van der Waals surface area contributed by atoms with Gasteiger partial charge < -0.3 is 15.3 Å². The van der Waals surface area contributed by atoms with Gasteiger partial charge in [-0.15, -0.1) is 0 Å². The van der Waals surface area contributed by atoms with Gasteiger partial charge in [-0.3, -0.25) is 4.79 Å². The molecule has 0 aromatic heterocycles. The third-order valence-electron chi connectivity index (χ3n) is 4.59. The van der Waals surface area contributed by atoms with Gasteiger partial charge in [0.15, 0.2) is 0 Å². The van der Waals surface area contributed by atoms with E-state index in [1.54, 1.807) is 4.90 Å². The minimum atomic E-state index is -0.737. The lowest BCUT2D eigenvalue weighted by Crippen LogP contribution is -2.49. The molecule has 0 aromatic rings. The minimum Gasteiger partial charge on any atom is -0.481 e. The van der Waals surface area contributed by atoms with Crippen molar-refractivity contribution in [1.29, 1.82) is 0 Å². The zero-order chi connectivity index (χ0) is 13.8. The van der Waals surface area contributed by atoms with E-state index in [-0.39, 0.29) is 18.0 Å². The van der Waals surface area contributed by atoms with Gasteiger partial charge in [-0.1, -0.05) is 12.8 Å². The van der Waals surface area contributed by atoms with Crippen molar-refractivity contribution in [1.82, 2.24) is 10.2 Å². The number of likely N-dealkylation sites (tertiary alicyclic amines) is 1. The topological polar surface area (TPSA) is 69.6 Å². The van der Waals surface area contributed by atoms with E-state index >= 15 is 0 Å². The molecule has 1 saturated carbocycles. The number of nitrogens with one attached hydrogen (secondary N) is 1.